The maximum atomic E-state index is 11.2. The fourth-order valence-electron chi connectivity index (χ4n) is 1.31. The van der Waals surface area contributed by atoms with E-state index in [9.17, 15) is 9.59 Å². The minimum atomic E-state index is -0.169. The largest absolute Gasteiger partial charge is 0.377 e. The van der Waals surface area contributed by atoms with Crippen LogP contribution >= 0.6 is 0 Å². The molecule has 0 heterocycles. The van der Waals surface area contributed by atoms with Gasteiger partial charge < -0.3 is 25.4 Å². The number of carbonyl (C=O) groups excluding carboxylic acids is 2. The molecule has 0 aromatic rings. The second-order valence-corrected chi connectivity index (χ2v) is 4.85. The van der Waals surface area contributed by atoms with Crippen LogP contribution in [0.15, 0.2) is 0 Å². The molecule has 0 radical (unpaired) electrons. The molecule has 3 N–H and O–H groups in total. The molecule has 0 bridgehead atoms. The number of rotatable bonds is 12. The van der Waals surface area contributed by atoms with E-state index < -0.39 is 0 Å². The fraction of sp³-hybridized carbons (Fsp3) is 0.875. The zero-order valence-corrected chi connectivity index (χ0v) is 13.4. The van der Waals surface area contributed by atoms with Crippen LogP contribution in [0.25, 0.3) is 0 Å². The first-order valence-electron chi connectivity index (χ1n) is 7.52. The van der Waals surface area contributed by atoms with Crippen molar-refractivity contribution in [2.24, 2.45) is 5.92 Å². The molecule has 7 nitrogen and oxygen atoms in total. The van der Waals surface area contributed by atoms with Crippen LogP contribution in [0.5, 0.6) is 0 Å². The second kappa shape index (κ2) is 18.7. The predicted octanol–water partition coefficient (Wildman–Crippen LogP) is 2.51. The Morgan fingerprint density at radius 2 is 1.35 bits per heavy atom. The van der Waals surface area contributed by atoms with Gasteiger partial charge >= 0.3 is 6.03 Å². The third-order valence-corrected chi connectivity index (χ3v) is 2.51. The fourth-order valence-corrected chi connectivity index (χ4v) is 1.31. The van der Waals surface area contributed by atoms with E-state index in [2.05, 4.69) is 16.0 Å². The minimum absolute atomic E-state index is 0. The summed E-state index contributed by atoms with van der Waals surface area (Å²) >= 11 is 0. The van der Waals surface area contributed by atoms with Gasteiger partial charge in [-0.2, -0.15) is 0 Å². The summed E-state index contributed by atoms with van der Waals surface area (Å²) < 4.78 is 10.6. The Kier molecular flexibility index (Phi) is 21.6. The highest BCUT2D eigenvalue weighted by Crippen LogP contribution is 1.89. The van der Waals surface area contributed by atoms with Crippen molar-refractivity contribution in [3.8, 4) is 0 Å². The Morgan fingerprint density at radius 1 is 0.870 bits per heavy atom. The summed E-state index contributed by atoms with van der Waals surface area (Å²) in [4.78, 5) is 22.4. The van der Waals surface area contributed by atoms with E-state index in [0.717, 1.165) is 6.42 Å². The van der Waals surface area contributed by atoms with E-state index in [-0.39, 0.29) is 37.0 Å². The highest BCUT2D eigenvalue weighted by Gasteiger charge is 2.04. The quantitative estimate of drug-likeness (QED) is 0.476. The van der Waals surface area contributed by atoms with Crippen molar-refractivity contribution < 1.29 is 23.3 Å². The molecule has 0 rings (SSSR count). The number of carbonyl (C=O) groups is 2. The zero-order valence-electron chi connectivity index (χ0n) is 13.4. The smallest absolute Gasteiger partial charge is 0.314 e. The summed E-state index contributed by atoms with van der Waals surface area (Å²) in [5, 5.41) is 8.16. The molecule has 0 aliphatic heterocycles. The number of nitrogens with one attached hydrogen (secondary N) is 3. The molecule has 0 unspecified atom stereocenters. The van der Waals surface area contributed by atoms with Crippen LogP contribution in [0.2, 0.25) is 0 Å². The summed E-state index contributed by atoms with van der Waals surface area (Å²) in [6.45, 7) is 9.21. The molecular weight excluding hydrogens is 298 g/mol. The van der Waals surface area contributed by atoms with Crippen LogP contribution < -0.4 is 16.0 Å². The van der Waals surface area contributed by atoms with Crippen molar-refractivity contribution >= 4 is 11.9 Å². The van der Waals surface area contributed by atoms with Gasteiger partial charge in [-0.1, -0.05) is 35.6 Å². The Hall–Kier alpha value is -1.34. The molecule has 0 aliphatic rings. The van der Waals surface area contributed by atoms with Crippen molar-refractivity contribution in [3.05, 3.63) is 0 Å². The number of urea groups is 1. The first-order chi connectivity index (χ1) is 10.1. The summed E-state index contributed by atoms with van der Waals surface area (Å²) in [6, 6.07) is -0.169. The van der Waals surface area contributed by atoms with Crippen molar-refractivity contribution in [2.75, 3.05) is 46.1 Å². The van der Waals surface area contributed by atoms with Gasteiger partial charge in [0.15, 0.2) is 0 Å². The van der Waals surface area contributed by atoms with Crippen LogP contribution in [0.3, 0.4) is 0 Å². The lowest BCUT2D eigenvalue weighted by Crippen LogP contribution is -2.37. The highest BCUT2D eigenvalue weighted by atomic mass is 16.5. The third-order valence-electron chi connectivity index (χ3n) is 2.51. The van der Waals surface area contributed by atoms with Crippen molar-refractivity contribution in [1.29, 1.82) is 0 Å². The van der Waals surface area contributed by atoms with Gasteiger partial charge in [-0.15, -0.1) is 0 Å². The molecule has 0 aromatic heterocycles. The van der Waals surface area contributed by atoms with Crippen LogP contribution in [0, 0.1) is 5.92 Å². The molecule has 3 amide bonds. The summed E-state index contributed by atoms with van der Waals surface area (Å²) in [5.41, 5.74) is 0. The molecular formula is C16H43N3O4. The lowest BCUT2D eigenvalue weighted by molar-refractivity contribution is -0.124. The van der Waals surface area contributed by atoms with Gasteiger partial charge in [-0.25, -0.2) is 4.79 Å². The van der Waals surface area contributed by atoms with Gasteiger partial charge in [0, 0.05) is 29.8 Å². The van der Waals surface area contributed by atoms with Gasteiger partial charge in [-0.05, 0) is 6.42 Å². The van der Waals surface area contributed by atoms with Crippen molar-refractivity contribution in [3.63, 3.8) is 0 Å². The van der Waals surface area contributed by atoms with Crippen molar-refractivity contribution in [2.45, 2.75) is 42.0 Å². The number of amides is 3. The first-order valence-corrected chi connectivity index (χ1v) is 7.52. The molecule has 0 fully saturated rings. The van der Waals surface area contributed by atoms with E-state index in [1.54, 1.807) is 0 Å². The number of hydrogen-bond acceptors (Lipinski definition) is 4. The molecule has 23 heavy (non-hydrogen) atoms. The molecule has 0 saturated carbocycles. The van der Waals surface area contributed by atoms with E-state index in [1.807, 2.05) is 20.8 Å². The Bertz CT molecular complexity index is 300. The maximum Gasteiger partial charge on any atom is 0.314 e. The zero-order chi connectivity index (χ0) is 15.9. The topological polar surface area (TPSA) is 88.7 Å². The molecule has 146 valence electrons. The average Bonchev–Trinajstić information content (AvgIpc) is 2.46. The minimum Gasteiger partial charge on any atom is -0.377 e. The van der Waals surface area contributed by atoms with Gasteiger partial charge in [0.2, 0.25) is 5.91 Å². The molecule has 0 saturated heterocycles. The lowest BCUT2D eigenvalue weighted by atomic mass is 10.2. The summed E-state index contributed by atoms with van der Waals surface area (Å²) in [6.07, 6.45) is 0.916. The van der Waals surface area contributed by atoms with E-state index in [1.165, 1.54) is 0 Å². The third kappa shape index (κ3) is 18.6. The van der Waals surface area contributed by atoms with Gasteiger partial charge in [0.25, 0.3) is 0 Å². The van der Waals surface area contributed by atoms with Crippen LogP contribution in [-0.2, 0) is 14.3 Å². The van der Waals surface area contributed by atoms with E-state index in [0.29, 0.717) is 46.1 Å². The highest BCUT2D eigenvalue weighted by molar-refractivity contribution is 5.77. The summed E-state index contributed by atoms with van der Waals surface area (Å²) in [5.74, 6) is 0.0256. The number of ether oxygens (including phenoxy) is 2. The Balaban J connectivity index is -0.000000200. The van der Waals surface area contributed by atoms with Gasteiger partial charge in [-0.3, -0.25) is 4.79 Å². The molecule has 0 aromatic carbocycles. The normalized spacial score (nSPS) is 9.57. The molecule has 0 spiro atoms. The Labute approximate surface area is 146 Å². The maximum absolute atomic E-state index is 11.2. The van der Waals surface area contributed by atoms with E-state index >= 15 is 0 Å². The summed E-state index contributed by atoms with van der Waals surface area (Å²) in [7, 11) is 0. The average molecular weight is 342 g/mol. The van der Waals surface area contributed by atoms with Crippen LogP contribution in [0.4, 0.5) is 4.79 Å². The Morgan fingerprint density at radius 3 is 1.83 bits per heavy atom. The van der Waals surface area contributed by atoms with Gasteiger partial charge in [0.1, 0.15) is 0 Å². The standard InChI is InChI=1S/C14H29N3O4.2CH4.3H2/c1-4-5-16-14(19)17-7-9-21-11-10-20-8-6-15-13(18)12(2)3;;;;;/h12H,4-11H2,1-3H3,(H,15,18)(H2,16,17,19);2*1H4;3*1H. The lowest BCUT2D eigenvalue weighted by Gasteiger charge is -2.09. The molecule has 0 aliphatic carbocycles. The van der Waals surface area contributed by atoms with Gasteiger partial charge in [0.05, 0.1) is 26.4 Å². The molecule has 0 atom stereocenters. The van der Waals surface area contributed by atoms with Crippen molar-refractivity contribution in [1.82, 2.24) is 16.0 Å². The monoisotopic (exact) mass is 341 g/mol. The molecule has 7 heteroatoms. The van der Waals surface area contributed by atoms with Crippen LogP contribution in [-0.4, -0.2) is 58.0 Å². The first kappa shape index (κ1) is 26.6. The number of hydrogen-bond donors (Lipinski definition) is 3. The predicted molar refractivity (Wildman–Crippen MR) is 101 cm³/mol. The second-order valence-electron chi connectivity index (χ2n) is 4.85. The van der Waals surface area contributed by atoms with E-state index in [4.69, 9.17) is 9.47 Å². The SMILES string of the molecule is C.C.CCCNC(=O)NCCOCCOCCNC(=O)C(C)C.[HH].[HH].[HH]. The van der Waals surface area contributed by atoms with Crippen LogP contribution in [0.1, 0.15) is 46.3 Å².